The molecule has 0 bridgehead atoms. The lowest BCUT2D eigenvalue weighted by Crippen LogP contribution is -2.40. The van der Waals surface area contributed by atoms with Gasteiger partial charge in [0.25, 0.3) is 0 Å². The Morgan fingerprint density at radius 3 is 2.25 bits per heavy atom. The van der Waals surface area contributed by atoms with Crippen LogP contribution in [0.3, 0.4) is 0 Å². The van der Waals surface area contributed by atoms with Crippen LogP contribution in [0.4, 0.5) is 0 Å². The molecule has 1 aromatic carbocycles. The summed E-state index contributed by atoms with van der Waals surface area (Å²) in [5.41, 5.74) is 0.512. The van der Waals surface area contributed by atoms with Crippen molar-refractivity contribution in [3.05, 3.63) is 29.8 Å². The lowest BCUT2D eigenvalue weighted by molar-refractivity contribution is 0.0632. The minimum absolute atomic E-state index is 0.0266. The molecule has 0 N–H and O–H groups in total. The summed E-state index contributed by atoms with van der Waals surface area (Å²) in [5.74, 6) is -0.0771. The van der Waals surface area contributed by atoms with Gasteiger partial charge in [-0.2, -0.15) is 4.31 Å². The average Bonchev–Trinajstić information content (AvgIpc) is 2.47. The first-order valence-electron chi connectivity index (χ1n) is 6.59. The smallest absolute Gasteiger partial charge is 0.243 e. The molecule has 6 heteroatoms. The fraction of sp³-hybridized carbons (Fsp3) is 0.500. The van der Waals surface area contributed by atoms with Crippen LogP contribution >= 0.6 is 0 Å². The maximum Gasteiger partial charge on any atom is 0.243 e. The van der Waals surface area contributed by atoms with Gasteiger partial charge in [0.1, 0.15) is 0 Å². The maximum atomic E-state index is 12.5. The van der Waals surface area contributed by atoms with E-state index in [0.29, 0.717) is 31.6 Å². The number of ketones is 1. The zero-order valence-corrected chi connectivity index (χ0v) is 12.5. The van der Waals surface area contributed by atoms with E-state index in [0.717, 1.165) is 0 Å². The molecule has 0 atom stereocenters. The maximum absolute atomic E-state index is 12.5. The molecule has 1 fully saturated rings. The molecule has 5 nitrogen and oxygen atoms in total. The van der Waals surface area contributed by atoms with E-state index in [-0.39, 0.29) is 16.7 Å². The number of carbonyl (C=O) groups excluding carboxylic acids is 1. The van der Waals surface area contributed by atoms with Crippen LogP contribution in [0.25, 0.3) is 0 Å². The molecule has 0 aliphatic carbocycles. The van der Waals surface area contributed by atoms with E-state index in [4.69, 9.17) is 4.74 Å². The van der Waals surface area contributed by atoms with E-state index in [1.54, 1.807) is 19.2 Å². The minimum Gasteiger partial charge on any atom is -0.381 e. The zero-order valence-electron chi connectivity index (χ0n) is 11.7. The Balaban J connectivity index is 2.22. The number of hydrogen-bond donors (Lipinski definition) is 0. The van der Waals surface area contributed by atoms with Crippen LogP contribution in [-0.4, -0.2) is 44.8 Å². The van der Waals surface area contributed by atoms with Crippen LogP contribution in [0.15, 0.2) is 29.2 Å². The number of rotatable bonds is 4. The monoisotopic (exact) mass is 297 g/mol. The van der Waals surface area contributed by atoms with Gasteiger partial charge in [-0.1, -0.05) is 12.1 Å². The molecule has 2 rings (SSSR count). The fourth-order valence-electron chi connectivity index (χ4n) is 2.27. The van der Waals surface area contributed by atoms with Crippen molar-refractivity contribution in [2.24, 2.45) is 0 Å². The van der Waals surface area contributed by atoms with Crippen LogP contribution in [0, 0.1) is 0 Å². The third-order valence-corrected chi connectivity index (χ3v) is 5.57. The van der Waals surface area contributed by atoms with Gasteiger partial charge in [0.15, 0.2) is 5.78 Å². The normalized spacial score (nSPS) is 17.4. The predicted molar refractivity (Wildman–Crippen MR) is 75.2 cm³/mol. The van der Waals surface area contributed by atoms with Gasteiger partial charge >= 0.3 is 0 Å². The molecule has 1 aliphatic heterocycles. The van der Waals surface area contributed by atoms with Crippen LogP contribution in [0.2, 0.25) is 0 Å². The Kier molecular flexibility index (Phi) is 4.57. The quantitative estimate of drug-likeness (QED) is 0.793. The van der Waals surface area contributed by atoms with Crippen molar-refractivity contribution in [2.45, 2.75) is 30.7 Å². The highest BCUT2D eigenvalue weighted by Crippen LogP contribution is 2.22. The van der Waals surface area contributed by atoms with Crippen LogP contribution < -0.4 is 0 Å². The molecule has 1 heterocycles. The van der Waals surface area contributed by atoms with Gasteiger partial charge < -0.3 is 4.74 Å². The van der Waals surface area contributed by atoms with E-state index < -0.39 is 10.0 Å². The number of hydrogen-bond acceptors (Lipinski definition) is 4. The summed E-state index contributed by atoms with van der Waals surface area (Å²) in [7, 11) is -1.91. The van der Waals surface area contributed by atoms with E-state index in [1.807, 2.05) is 0 Å². The highest BCUT2D eigenvalue weighted by atomic mass is 32.2. The molecule has 1 saturated heterocycles. The van der Waals surface area contributed by atoms with Gasteiger partial charge in [0.05, 0.1) is 4.90 Å². The Labute approximate surface area is 119 Å². The molecule has 0 aromatic heterocycles. The molecule has 110 valence electrons. The molecule has 0 amide bonds. The van der Waals surface area contributed by atoms with Crippen LogP contribution in [0.1, 0.15) is 30.1 Å². The van der Waals surface area contributed by atoms with Crippen molar-refractivity contribution in [3.63, 3.8) is 0 Å². The van der Waals surface area contributed by atoms with Crippen molar-refractivity contribution < 1.29 is 17.9 Å². The number of nitrogens with zero attached hydrogens (tertiary/aromatic N) is 1. The number of benzene rings is 1. The summed E-state index contributed by atoms with van der Waals surface area (Å²) in [6.45, 7) is 2.64. The van der Waals surface area contributed by atoms with E-state index in [9.17, 15) is 13.2 Å². The molecular formula is C14H19NO4S. The second kappa shape index (κ2) is 6.03. The number of sulfonamides is 1. The minimum atomic E-state index is -3.51. The SMILES string of the molecule is CC(=O)c1ccc(S(=O)(=O)N(C)C2CCOCC2)cc1. The molecule has 0 saturated carbocycles. The second-order valence-electron chi connectivity index (χ2n) is 4.95. The highest BCUT2D eigenvalue weighted by molar-refractivity contribution is 7.89. The second-order valence-corrected chi connectivity index (χ2v) is 6.94. The van der Waals surface area contributed by atoms with Crippen molar-refractivity contribution in [1.82, 2.24) is 4.31 Å². The fourth-order valence-corrected chi connectivity index (χ4v) is 3.69. The Morgan fingerprint density at radius 2 is 1.75 bits per heavy atom. The Morgan fingerprint density at radius 1 is 1.20 bits per heavy atom. The molecule has 0 unspecified atom stereocenters. The standard InChI is InChI=1S/C14H19NO4S/c1-11(16)12-3-5-14(6-4-12)20(17,18)15(2)13-7-9-19-10-8-13/h3-6,13H,7-10H2,1-2H3. The van der Waals surface area contributed by atoms with E-state index in [1.165, 1.54) is 23.4 Å². The van der Waals surface area contributed by atoms with Gasteiger partial charge in [0.2, 0.25) is 10.0 Å². The summed E-state index contributed by atoms with van der Waals surface area (Å²) < 4.78 is 31.7. The van der Waals surface area contributed by atoms with Crippen molar-refractivity contribution in [2.75, 3.05) is 20.3 Å². The lowest BCUT2D eigenvalue weighted by atomic mass is 10.1. The molecule has 0 spiro atoms. The summed E-state index contributed by atoms with van der Waals surface area (Å²) in [4.78, 5) is 11.4. The lowest BCUT2D eigenvalue weighted by Gasteiger charge is -2.30. The molecule has 20 heavy (non-hydrogen) atoms. The van der Waals surface area contributed by atoms with E-state index in [2.05, 4.69) is 0 Å². The van der Waals surface area contributed by atoms with Gasteiger partial charge in [0, 0.05) is 31.9 Å². The first-order valence-corrected chi connectivity index (χ1v) is 8.03. The summed E-state index contributed by atoms with van der Waals surface area (Å²) in [5, 5.41) is 0. The Hall–Kier alpha value is -1.24. The predicted octanol–water partition coefficient (Wildman–Crippen LogP) is 1.69. The van der Waals surface area contributed by atoms with Crippen molar-refractivity contribution in [3.8, 4) is 0 Å². The van der Waals surface area contributed by atoms with Gasteiger partial charge in [-0.05, 0) is 31.9 Å². The third kappa shape index (κ3) is 3.08. The molecular weight excluding hydrogens is 278 g/mol. The molecule has 1 aromatic rings. The number of ether oxygens (including phenoxy) is 1. The van der Waals surface area contributed by atoms with Crippen molar-refractivity contribution in [1.29, 1.82) is 0 Å². The van der Waals surface area contributed by atoms with Gasteiger partial charge in [-0.3, -0.25) is 4.79 Å². The Bertz CT molecular complexity index is 574. The third-order valence-electron chi connectivity index (χ3n) is 3.64. The summed E-state index contributed by atoms with van der Waals surface area (Å²) in [6, 6.07) is 6.05. The first-order chi connectivity index (χ1) is 9.43. The number of carbonyl (C=O) groups is 1. The zero-order chi connectivity index (χ0) is 14.8. The highest BCUT2D eigenvalue weighted by Gasteiger charge is 2.29. The average molecular weight is 297 g/mol. The van der Waals surface area contributed by atoms with E-state index >= 15 is 0 Å². The topological polar surface area (TPSA) is 63.7 Å². The van der Waals surface area contributed by atoms with Gasteiger partial charge in [-0.15, -0.1) is 0 Å². The van der Waals surface area contributed by atoms with Crippen LogP contribution in [0.5, 0.6) is 0 Å². The molecule has 0 radical (unpaired) electrons. The first kappa shape index (κ1) is 15.2. The largest absolute Gasteiger partial charge is 0.381 e. The molecule has 1 aliphatic rings. The summed E-state index contributed by atoms with van der Waals surface area (Å²) >= 11 is 0. The summed E-state index contributed by atoms with van der Waals surface area (Å²) in [6.07, 6.45) is 1.42. The van der Waals surface area contributed by atoms with Crippen molar-refractivity contribution >= 4 is 15.8 Å². The number of Topliss-reactive ketones (excluding diaryl/α,β-unsaturated/α-hetero) is 1. The van der Waals surface area contributed by atoms with Crippen LogP contribution in [-0.2, 0) is 14.8 Å². The van der Waals surface area contributed by atoms with Gasteiger partial charge in [-0.25, -0.2) is 8.42 Å².